The molecule has 8 heteroatoms. The lowest BCUT2D eigenvalue weighted by Crippen LogP contribution is -2.28. The molecule has 0 heterocycles. The molecule has 17 heavy (non-hydrogen) atoms. The third-order valence-electron chi connectivity index (χ3n) is 2.05. The second-order valence-corrected chi connectivity index (χ2v) is 6.10. The Bertz CT molecular complexity index is 353. The lowest BCUT2D eigenvalue weighted by atomic mass is 10.5. The van der Waals surface area contributed by atoms with Gasteiger partial charge in [-0.15, -0.1) is 0 Å². The molecule has 0 radical (unpaired) electrons. The number of likely N-dealkylation sites (N-methyl/N-ethyl adjacent to an activating group) is 1. The minimum absolute atomic E-state index is 0.0244. The zero-order valence-electron chi connectivity index (χ0n) is 9.44. The average molecular weight is 265 g/mol. The summed E-state index contributed by atoms with van der Waals surface area (Å²) in [4.78, 5) is 32.0. The number of aliphatic hydroxyl groups excluding tert-OH is 1. The molecule has 0 aliphatic carbocycles. The molecule has 1 atom stereocenters. The lowest BCUT2D eigenvalue weighted by molar-refractivity contribution is -0.136. The van der Waals surface area contributed by atoms with Crippen LogP contribution < -0.4 is 0 Å². The van der Waals surface area contributed by atoms with Gasteiger partial charge in [0.15, 0.2) is 0 Å². The van der Waals surface area contributed by atoms with E-state index in [2.05, 4.69) is 0 Å². The van der Waals surface area contributed by atoms with Gasteiger partial charge in [-0.2, -0.15) is 0 Å². The first-order valence-corrected chi connectivity index (χ1v) is 6.90. The van der Waals surface area contributed by atoms with Crippen LogP contribution in [0.5, 0.6) is 0 Å². The molecule has 0 aliphatic heterocycles. The fourth-order valence-electron chi connectivity index (χ4n) is 0.990. The zero-order valence-corrected chi connectivity index (χ0v) is 10.3. The molecule has 0 bridgehead atoms. The number of rotatable bonds is 7. The van der Waals surface area contributed by atoms with Crippen molar-refractivity contribution >= 4 is 19.2 Å². The van der Waals surface area contributed by atoms with E-state index in [1.54, 1.807) is 0 Å². The maximum Gasteiger partial charge on any atom is 0.303 e. The van der Waals surface area contributed by atoms with E-state index in [1.807, 2.05) is 0 Å². The summed E-state index contributed by atoms with van der Waals surface area (Å²) in [5.41, 5.74) is 0. The van der Waals surface area contributed by atoms with E-state index < -0.39 is 19.2 Å². The van der Waals surface area contributed by atoms with Crippen molar-refractivity contribution in [2.45, 2.75) is 6.42 Å². The van der Waals surface area contributed by atoms with E-state index in [9.17, 15) is 19.0 Å². The minimum Gasteiger partial charge on any atom is -0.515 e. The highest BCUT2D eigenvalue weighted by Crippen LogP contribution is 2.40. The summed E-state index contributed by atoms with van der Waals surface area (Å²) in [6.07, 6.45) is 0.658. The van der Waals surface area contributed by atoms with E-state index >= 15 is 0 Å². The number of carboxylic acids is 1. The Balaban J connectivity index is 4.13. The lowest BCUT2D eigenvalue weighted by Gasteiger charge is -2.17. The summed E-state index contributed by atoms with van der Waals surface area (Å²) in [5, 5.41) is 16.7. The molecule has 0 aromatic rings. The SMILES string of the molecule is CN(CCP(=O)(O)CCC(=O)O)C(=O)/C=C\O. The van der Waals surface area contributed by atoms with Crippen molar-refractivity contribution in [3.8, 4) is 0 Å². The summed E-state index contributed by atoms with van der Waals surface area (Å²) in [6.45, 7) is 0.0244. The third-order valence-corrected chi connectivity index (χ3v) is 3.87. The van der Waals surface area contributed by atoms with Gasteiger partial charge in [-0.3, -0.25) is 14.2 Å². The fourth-order valence-corrected chi connectivity index (χ4v) is 2.37. The highest BCUT2D eigenvalue weighted by molar-refractivity contribution is 7.58. The van der Waals surface area contributed by atoms with Crippen molar-refractivity contribution in [1.29, 1.82) is 0 Å². The van der Waals surface area contributed by atoms with Gasteiger partial charge in [0.05, 0.1) is 12.7 Å². The maximum absolute atomic E-state index is 11.5. The predicted octanol–water partition coefficient (Wildman–Crippen LogP) is 0.262. The topological polar surface area (TPSA) is 115 Å². The molecule has 0 saturated heterocycles. The Kier molecular flexibility index (Phi) is 6.53. The number of carbonyl (C=O) groups excluding carboxylic acids is 1. The van der Waals surface area contributed by atoms with Gasteiger partial charge in [0.2, 0.25) is 13.3 Å². The maximum atomic E-state index is 11.5. The molecular weight excluding hydrogens is 249 g/mol. The molecule has 0 aromatic heterocycles. The monoisotopic (exact) mass is 265 g/mol. The number of hydrogen-bond acceptors (Lipinski definition) is 4. The average Bonchev–Trinajstić information content (AvgIpc) is 2.24. The summed E-state index contributed by atoms with van der Waals surface area (Å²) < 4.78 is 11.5. The summed E-state index contributed by atoms with van der Waals surface area (Å²) in [7, 11) is -2.10. The minimum atomic E-state index is -3.52. The van der Waals surface area contributed by atoms with E-state index in [-0.39, 0.29) is 25.3 Å². The van der Waals surface area contributed by atoms with Crippen LogP contribution in [-0.2, 0) is 14.2 Å². The van der Waals surface area contributed by atoms with Gasteiger partial charge in [-0.05, 0) is 0 Å². The van der Waals surface area contributed by atoms with Crippen LogP contribution in [0.1, 0.15) is 6.42 Å². The number of carboxylic acid groups (broad SMARTS) is 1. The molecule has 0 spiro atoms. The molecule has 0 aliphatic rings. The largest absolute Gasteiger partial charge is 0.515 e. The molecule has 1 amide bonds. The molecule has 0 rings (SSSR count). The number of hydrogen-bond donors (Lipinski definition) is 3. The van der Waals surface area contributed by atoms with Gasteiger partial charge < -0.3 is 20.0 Å². The molecular formula is C9H16NO6P. The Labute approximate surface area is 98.8 Å². The van der Waals surface area contributed by atoms with Crippen molar-refractivity contribution in [3.63, 3.8) is 0 Å². The van der Waals surface area contributed by atoms with Gasteiger partial charge in [-0.25, -0.2) is 0 Å². The molecule has 1 unspecified atom stereocenters. The normalized spacial score (nSPS) is 14.5. The van der Waals surface area contributed by atoms with Gasteiger partial charge in [0.1, 0.15) is 0 Å². The molecule has 0 saturated carbocycles. The second kappa shape index (κ2) is 7.09. The quantitative estimate of drug-likeness (QED) is 0.345. The highest BCUT2D eigenvalue weighted by Gasteiger charge is 2.20. The number of amides is 1. The van der Waals surface area contributed by atoms with E-state index in [0.717, 1.165) is 11.0 Å². The van der Waals surface area contributed by atoms with Crippen LogP contribution in [-0.4, -0.2) is 57.8 Å². The third kappa shape index (κ3) is 7.54. The summed E-state index contributed by atoms with van der Waals surface area (Å²) >= 11 is 0. The predicted molar refractivity (Wildman–Crippen MR) is 61.2 cm³/mol. The smallest absolute Gasteiger partial charge is 0.303 e. The van der Waals surface area contributed by atoms with Crippen LogP contribution in [0, 0.1) is 0 Å². The Morgan fingerprint density at radius 3 is 2.41 bits per heavy atom. The first-order valence-electron chi connectivity index (χ1n) is 4.87. The molecule has 98 valence electrons. The van der Waals surface area contributed by atoms with Gasteiger partial charge in [0, 0.05) is 32.0 Å². The van der Waals surface area contributed by atoms with E-state index in [4.69, 9.17) is 10.2 Å². The number of nitrogens with zero attached hydrogens (tertiary/aromatic N) is 1. The second-order valence-electron chi connectivity index (χ2n) is 3.51. The van der Waals surface area contributed by atoms with E-state index in [0.29, 0.717) is 6.26 Å². The van der Waals surface area contributed by atoms with Gasteiger partial charge in [0.25, 0.3) is 0 Å². The number of carbonyl (C=O) groups is 2. The molecule has 7 nitrogen and oxygen atoms in total. The van der Waals surface area contributed by atoms with Crippen molar-refractivity contribution in [3.05, 3.63) is 12.3 Å². The fraction of sp³-hybridized carbons (Fsp3) is 0.556. The van der Waals surface area contributed by atoms with Gasteiger partial charge >= 0.3 is 5.97 Å². The first kappa shape index (κ1) is 15.7. The Morgan fingerprint density at radius 2 is 1.94 bits per heavy atom. The van der Waals surface area contributed by atoms with Crippen molar-refractivity contribution in [2.75, 3.05) is 25.9 Å². The standard InChI is InChI=1S/C9H16NO6P/c1-10(8(12)2-5-11)4-7-17(15,16)6-3-9(13)14/h2,5,11H,3-4,6-7H2,1H3,(H,13,14)(H,15,16)/b5-2-. The Hall–Kier alpha value is -1.33. The van der Waals surface area contributed by atoms with Crippen molar-refractivity contribution in [1.82, 2.24) is 4.90 Å². The van der Waals surface area contributed by atoms with E-state index in [1.165, 1.54) is 7.05 Å². The molecule has 3 N–H and O–H groups in total. The molecule has 0 fully saturated rings. The van der Waals surface area contributed by atoms with Crippen LogP contribution in [0.15, 0.2) is 12.3 Å². The van der Waals surface area contributed by atoms with Crippen LogP contribution in [0.2, 0.25) is 0 Å². The van der Waals surface area contributed by atoms with Crippen LogP contribution in [0.4, 0.5) is 0 Å². The zero-order chi connectivity index (χ0) is 13.5. The summed E-state index contributed by atoms with van der Waals surface area (Å²) in [6, 6.07) is 0. The van der Waals surface area contributed by atoms with Gasteiger partial charge in [-0.1, -0.05) is 0 Å². The Morgan fingerprint density at radius 1 is 1.35 bits per heavy atom. The molecule has 0 aromatic carbocycles. The van der Waals surface area contributed by atoms with Crippen LogP contribution >= 0.6 is 7.37 Å². The van der Waals surface area contributed by atoms with Crippen LogP contribution in [0.3, 0.4) is 0 Å². The summed E-state index contributed by atoms with van der Waals surface area (Å²) in [5.74, 6) is -1.63. The van der Waals surface area contributed by atoms with Crippen LogP contribution in [0.25, 0.3) is 0 Å². The number of aliphatic hydroxyl groups is 1. The highest BCUT2D eigenvalue weighted by atomic mass is 31.2. The van der Waals surface area contributed by atoms with Crippen molar-refractivity contribution in [2.24, 2.45) is 0 Å². The first-order chi connectivity index (χ1) is 7.78. The van der Waals surface area contributed by atoms with Crippen molar-refractivity contribution < 1.29 is 29.3 Å². The number of aliphatic carboxylic acids is 1.